The molecule has 0 N–H and O–H groups in total. The van der Waals surface area contributed by atoms with Crippen molar-refractivity contribution >= 4 is 107 Å². The summed E-state index contributed by atoms with van der Waals surface area (Å²) in [6.45, 7) is 15.5. The Morgan fingerprint density at radius 1 is 0.182 bits per heavy atom. The van der Waals surface area contributed by atoms with Gasteiger partial charge in [0.05, 0.1) is 0 Å². The highest BCUT2D eigenvalue weighted by Gasteiger charge is 2.37. The van der Waals surface area contributed by atoms with Crippen LogP contribution >= 0.6 is 22.7 Å². The number of hydrogen-bond donors (Lipinski definition) is 0. The lowest BCUT2D eigenvalue weighted by atomic mass is 9.82. The maximum Gasteiger partial charge on any atom is 0.143 e. The minimum absolute atomic E-state index is 0.0357. The molecule has 0 fully saturated rings. The summed E-state index contributed by atoms with van der Waals surface area (Å²) in [4.78, 5) is 0. The van der Waals surface area contributed by atoms with Gasteiger partial charge in [0.1, 0.15) is 22.3 Å². The molecule has 0 radical (unpaired) electrons. The van der Waals surface area contributed by atoms with Crippen LogP contribution in [-0.2, 0) is 5.41 Å². The largest absolute Gasteiger partial charge is 0.456 e. The molecule has 0 spiro atoms. The van der Waals surface area contributed by atoms with Crippen LogP contribution in [0.5, 0.6) is 0 Å². The van der Waals surface area contributed by atoms with E-state index >= 15 is 0 Å². The predicted molar refractivity (Wildman–Crippen MR) is 568 cm³/mol. The predicted octanol–water partition coefficient (Wildman–Crippen LogP) is 37.5. The SMILES string of the molecule is Cc1cc(-c2ccccc2)cc(-c2ccc3oc4ccccc4c3c2)c1.Cc1cc(-c2ccccc2)cc(-c2ccc3sc4ccccc4c3c2)c1.Cc1cc(-c2ccccc2)cc(-c2cccc3c2-c2ccccc2C3(C)C)c1.Cc1cc(-c2ccccc2)cc(-c2cccc3c2oc2ccccc23)c1.Cc1cc(-c2ccccc2)cc(-c2cccc3c2sc2ccccc23)c1. The van der Waals surface area contributed by atoms with Gasteiger partial charge in [0.15, 0.2) is 0 Å². The van der Waals surface area contributed by atoms with E-state index in [0.29, 0.717) is 0 Å². The molecular weight excluding hydrogens is 1630 g/mol. The van der Waals surface area contributed by atoms with Crippen LogP contribution in [0.2, 0.25) is 0 Å². The molecule has 632 valence electrons. The molecule has 25 rings (SSSR count). The number of aryl methyl sites for hydroxylation is 5. The molecule has 1 aliphatic rings. The Bertz CT molecular complexity index is 7970. The molecule has 0 aliphatic heterocycles. The lowest BCUT2D eigenvalue weighted by Crippen LogP contribution is -2.14. The normalized spacial score (nSPS) is 11.8. The van der Waals surface area contributed by atoms with Crippen molar-refractivity contribution in [1.29, 1.82) is 0 Å². The Morgan fingerprint density at radius 3 is 1.02 bits per heavy atom. The molecule has 0 saturated heterocycles. The number of para-hydroxylation sites is 3. The van der Waals surface area contributed by atoms with Crippen LogP contribution in [0, 0.1) is 34.6 Å². The smallest absolute Gasteiger partial charge is 0.143 e. The third-order valence-electron chi connectivity index (χ3n) is 25.7. The molecular formula is C128H96O2S2. The Labute approximate surface area is 780 Å². The summed E-state index contributed by atoms with van der Waals surface area (Å²) in [5.41, 5.74) is 40.9. The lowest BCUT2D eigenvalue weighted by molar-refractivity contribution is 0.660. The van der Waals surface area contributed by atoms with Crippen LogP contribution < -0.4 is 0 Å². The second-order valence-corrected chi connectivity index (χ2v) is 37.5. The fourth-order valence-electron chi connectivity index (χ4n) is 19.5. The van der Waals surface area contributed by atoms with Crippen LogP contribution in [0.1, 0.15) is 52.8 Å². The zero-order valence-electron chi connectivity index (χ0n) is 74.9. The molecule has 1 aliphatic carbocycles. The van der Waals surface area contributed by atoms with E-state index in [2.05, 4.69) is 479 Å². The van der Waals surface area contributed by atoms with E-state index in [0.717, 1.165) is 27.9 Å². The highest BCUT2D eigenvalue weighted by atomic mass is 32.1. The second kappa shape index (κ2) is 36.2. The van der Waals surface area contributed by atoms with E-state index in [-0.39, 0.29) is 5.41 Å². The molecule has 4 heteroatoms. The average molecular weight is 1730 g/mol. The molecule has 0 unspecified atom stereocenters. The maximum atomic E-state index is 6.22. The zero-order chi connectivity index (χ0) is 89.3. The van der Waals surface area contributed by atoms with Gasteiger partial charge in [0, 0.05) is 72.9 Å². The fraction of sp³-hybridized carbons (Fsp3) is 0.0625. The minimum atomic E-state index is 0.0357. The van der Waals surface area contributed by atoms with Crippen molar-refractivity contribution in [2.45, 2.75) is 53.9 Å². The first kappa shape index (κ1) is 83.4. The molecule has 0 amide bonds. The molecule has 0 saturated carbocycles. The van der Waals surface area contributed by atoms with Crippen LogP contribution in [0.15, 0.2) is 464 Å². The van der Waals surface area contributed by atoms with Crippen LogP contribution in [-0.4, -0.2) is 0 Å². The van der Waals surface area contributed by atoms with Crippen molar-refractivity contribution in [3.8, 4) is 122 Å². The van der Waals surface area contributed by atoms with Gasteiger partial charge in [-0.1, -0.05) is 390 Å². The molecule has 2 nitrogen and oxygen atoms in total. The molecule has 132 heavy (non-hydrogen) atoms. The molecule has 4 aromatic heterocycles. The molecule has 20 aromatic carbocycles. The van der Waals surface area contributed by atoms with E-state index in [1.165, 1.54) is 218 Å². The molecule has 0 bridgehead atoms. The summed E-state index contributed by atoms with van der Waals surface area (Å²) in [5.74, 6) is 0. The highest BCUT2D eigenvalue weighted by Crippen LogP contribution is 2.53. The summed E-state index contributed by atoms with van der Waals surface area (Å²) in [5, 5.41) is 10.1. The second-order valence-electron chi connectivity index (χ2n) is 35.3. The third kappa shape index (κ3) is 16.9. The maximum absolute atomic E-state index is 6.22. The van der Waals surface area contributed by atoms with Crippen molar-refractivity contribution in [1.82, 2.24) is 0 Å². The van der Waals surface area contributed by atoms with E-state index in [1.807, 2.05) is 46.9 Å². The van der Waals surface area contributed by atoms with Crippen molar-refractivity contribution in [3.05, 3.63) is 494 Å². The number of thiophene rings is 2. The van der Waals surface area contributed by atoms with Crippen molar-refractivity contribution in [2.24, 2.45) is 0 Å². The van der Waals surface area contributed by atoms with Gasteiger partial charge in [-0.2, -0.15) is 0 Å². The standard InChI is InChI=1S/C28H24.2C25H18O.2C25H18S/c1-19-16-21(20-10-5-4-6-11-20)18-22(17-19)23-13-9-15-26-27(23)24-12-7-8-14-25(24)28(26,2)3;1-17-14-19(18-8-3-2-4-9-18)16-20(15-17)21-11-7-12-23-22-10-5-6-13-24(22)26-25(21)23;1-17-13-20(18-7-3-2-4-8-18)15-21(14-17)19-11-12-25-23(16-19)22-9-5-6-10-24(22)26-25;1-17-14-19(18-8-3-2-4-9-18)16-20(15-17)21-11-7-12-23-22-10-5-6-13-24(22)26-25(21)23;1-17-13-20(18-7-3-2-4-8-18)15-21(14-17)19-11-12-25-23(16-19)22-9-5-6-10-24(22)26-25/h4-18H,1-3H3;4*2-16H,1H3. The summed E-state index contributed by atoms with van der Waals surface area (Å²) in [6, 6.07) is 163. The van der Waals surface area contributed by atoms with Gasteiger partial charge in [-0.15, -0.1) is 22.7 Å². The fourth-order valence-corrected chi connectivity index (χ4v) is 21.8. The van der Waals surface area contributed by atoms with Gasteiger partial charge in [0.25, 0.3) is 0 Å². The lowest BCUT2D eigenvalue weighted by Gasteiger charge is -2.21. The number of fused-ring (bicyclic) bond motifs is 15. The summed E-state index contributed by atoms with van der Waals surface area (Å²) in [7, 11) is 0. The van der Waals surface area contributed by atoms with E-state index in [9.17, 15) is 0 Å². The summed E-state index contributed by atoms with van der Waals surface area (Å²) in [6.07, 6.45) is 0. The van der Waals surface area contributed by atoms with Gasteiger partial charge in [-0.05, 0) is 269 Å². The number of hydrogen-bond acceptors (Lipinski definition) is 4. The van der Waals surface area contributed by atoms with Gasteiger partial charge >= 0.3 is 0 Å². The van der Waals surface area contributed by atoms with Gasteiger partial charge in [-0.25, -0.2) is 0 Å². The van der Waals surface area contributed by atoms with Crippen molar-refractivity contribution < 1.29 is 8.83 Å². The van der Waals surface area contributed by atoms with Crippen LogP contribution in [0.4, 0.5) is 0 Å². The first-order valence-electron chi connectivity index (χ1n) is 45.4. The average Bonchev–Trinajstić information content (AvgIpc) is 1.57. The Hall–Kier alpha value is -15.6. The van der Waals surface area contributed by atoms with Crippen LogP contribution in [0.3, 0.4) is 0 Å². The number of furan rings is 2. The van der Waals surface area contributed by atoms with Gasteiger partial charge in [-0.3, -0.25) is 0 Å². The van der Waals surface area contributed by atoms with E-state index in [4.69, 9.17) is 8.83 Å². The molecule has 4 heterocycles. The summed E-state index contributed by atoms with van der Waals surface area (Å²) < 4.78 is 17.6. The Kier molecular flexibility index (Phi) is 22.8. The number of rotatable bonds is 10. The molecule has 24 aromatic rings. The quantitative estimate of drug-likeness (QED) is 0.136. The Morgan fingerprint density at radius 2 is 0.500 bits per heavy atom. The van der Waals surface area contributed by atoms with Gasteiger partial charge in [0.2, 0.25) is 0 Å². The van der Waals surface area contributed by atoms with Crippen molar-refractivity contribution in [2.75, 3.05) is 0 Å². The Balaban J connectivity index is 0.0000000995. The van der Waals surface area contributed by atoms with E-state index in [1.54, 1.807) is 0 Å². The number of benzene rings is 20. The first-order valence-corrected chi connectivity index (χ1v) is 47.1. The van der Waals surface area contributed by atoms with Gasteiger partial charge < -0.3 is 8.83 Å². The van der Waals surface area contributed by atoms with Crippen LogP contribution in [0.25, 0.3) is 207 Å². The highest BCUT2D eigenvalue weighted by molar-refractivity contribution is 7.26. The van der Waals surface area contributed by atoms with E-state index < -0.39 is 0 Å². The third-order valence-corrected chi connectivity index (χ3v) is 28.1. The summed E-state index contributed by atoms with van der Waals surface area (Å²) >= 11 is 3.76. The molecule has 0 atom stereocenters. The minimum Gasteiger partial charge on any atom is -0.456 e. The monoisotopic (exact) mass is 1730 g/mol. The first-order chi connectivity index (χ1) is 64.7. The topological polar surface area (TPSA) is 26.3 Å². The zero-order valence-corrected chi connectivity index (χ0v) is 76.6. The van der Waals surface area contributed by atoms with Crippen molar-refractivity contribution in [3.63, 3.8) is 0 Å².